The van der Waals surface area contributed by atoms with Gasteiger partial charge >= 0.3 is 0 Å². The maximum Gasteiger partial charge on any atom is 0.182 e. The summed E-state index contributed by atoms with van der Waals surface area (Å²) < 4.78 is 0. The zero-order chi connectivity index (χ0) is 16.8. The van der Waals surface area contributed by atoms with Gasteiger partial charge in [0.2, 0.25) is 0 Å². The molecular formula is C20H16N4. The first kappa shape index (κ1) is 15.4. The van der Waals surface area contributed by atoms with Crippen molar-refractivity contribution < 1.29 is 0 Å². The Labute approximate surface area is 141 Å². The molecule has 1 aromatic heterocycles. The van der Waals surface area contributed by atoms with Gasteiger partial charge in [-0.15, -0.1) is 0 Å². The van der Waals surface area contributed by atoms with Crippen LogP contribution in [0.3, 0.4) is 0 Å². The lowest BCUT2D eigenvalue weighted by Gasteiger charge is -2.15. The fourth-order valence-corrected chi connectivity index (χ4v) is 2.66. The van der Waals surface area contributed by atoms with E-state index in [0.29, 0.717) is 5.84 Å². The molecule has 0 radical (unpaired) electrons. The molecule has 0 amide bonds. The van der Waals surface area contributed by atoms with Gasteiger partial charge in [-0.05, 0) is 17.2 Å². The normalized spacial score (nSPS) is 10.9. The van der Waals surface area contributed by atoms with Crippen molar-refractivity contribution in [2.75, 3.05) is 7.05 Å². The Morgan fingerprint density at radius 2 is 1.58 bits per heavy atom. The fourth-order valence-electron chi connectivity index (χ4n) is 2.66. The van der Waals surface area contributed by atoms with E-state index in [1.54, 1.807) is 13.2 Å². The van der Waals surface area contributed by atoms with Crippen molar-refractivity contribution in [1.29, 1.82) is 5.26 Å². The largest absolute Gasteiger partial charge is 0.277 e. The molecule has 0 spiro atoms. The summed E-state index contributed by atoms with van der Waals surface area (Å²) >= 11 is 0. The van der Waals surface area contributed by atoms with Crippen molar-refractivity contribution in [3.63, 3.8) is 0 Å². The maximum absolute atomic E-state index is 9.09. The van der Waals surface area contributed by atoms with Crippen LogP contribution in [-0.4, -0.2) is 17.9 Å². The summed E-state index contributed by atoms with van der Waals surface area (Å²) in [4.78, 5) is 8.82. The van der Waals surface area contributed by atoms with E-state index in [9.17, 15) is 0 Å². The molecule has 0 aliphatic carbocycles. The third-order valence-corrected chi connectivity index (χ3v) is 3.72. The third-order valence-electron chi connectivity index (χ3n) is 3.72. The molecule has 1 N–H and O–H groups in total. The topological polar surface area (TPSA) is 61.1 Å². The smallest absolute Gasteiger partial charge is 0.182 e. The van der Waals surface area contributed by atoms with Crippen LogP contribution in [0.5, 0.6) is 0 Å². The van der Waals surface area contributed by atoms with Crippen LogP contribution >= 0.6 is 0 Å². The highest BCUT2D eigenvalue weighted by atomic mass is 15.0. The minimum Gasteiger partial charge on any atom is -0.277 e. The number of hydrogen-bond acceptors (Lipinski definition) is 3. The van der Waals surface area contributed by atoms with Gasteiger partial charge in [0.15, 0.2) is 6.19 Å². The average molecular weight is 312 g/mol. The summed E-state index contributed by atoms with van der Waals surface area (Å²) in [6, 6.07) is 21.9. The number of nitriles is 1. The first-order chi connectivity index (χ1) is 11.8. The number of aromatic nitrogens is 1. The maximum atomic E-state index is 9.09. The number of aliphatic imine (C=N–C) groups is 1. The van der Waals surface area contributed by atoms with Gasteiger partial charge in [-0.3, -0.25) is 15.3 Å². The van der Waals surface area contributed by atoms with E-state index in [1.165, 1.54) is 0 Å². The van der Waals surface area contributed by atoms with Gasteiger partial charge in [-0.2, -0.15) is 5.26 Å². The van der Waals surface area contributed by atoms with Gasteiger partial charge in [0, 0.05) is 18.8 Å². The number of nitrogens with zero attached hydrogens (tertiary/aromatic N) is 3. The number of nitrogens with one attached hydrogen (secondary N) is 1. The van der Waals surface area contributed by atoms with Gasteiger partial charge < -0.3 is 0 Å². The highest BCUT2D eigenvalue weighted by molar-refractivity contribution is 6.09. The van der Waals surface area contributed by atoms with E-state index in [0.717, 1.165) is 27.9 Å². The van der Waals surface area contributed by atoms with Crippen LogP contribution in [0.4, 0.5) is 0 Å². The van der Waals surface area contributed by atoms with E-state index < -0.39 is 0 Å². The molecule has 2 aromatic carbocycles. The molecular weight excluding hydrogens is 296 g/mol. The SMILES string of the molecule is CN=C(NC#N)c1c(-c2ccccc2)ccnc1-c1ccccc1. The fraction of sp³-hybridized carbons (Fsp3) is 0.0500. The van der Waals surface area contributed by atoms with Crippen LogP contribution in [0.15, 0.2) is 77.9 Å². The van der Waals surface area contributed by atoms with Gasteiger partial charge in [0.1, 0.15) is 5.84 Å². The Kier molecular flexibility index (Phi) is 4.64. The van der Waals surface area contributed by atoms with Gasteiger partial charge in [-0.1, -0.05) is 60.7 Å². The van der Waals surface area contributed by atoms with E-state index in [2.05, 4.69) is 15.3 Å². The minimum atomic E-state index is 0.503. The Balaban J connectivity index is 2.30. The molecule has 3 rings (SSSR count). The second kappa shape index (κ2) is 7.21. The van der Waals surface area contributed by atoms with Crippen molar-refractivity contribution >= 4 is 5.84 Å². The van der Waals surface area contributed by atoms with E-state index in [-0.39, 0.29) is 0 Å². The molecule has 0 bridgehead atoms. The molecule has 0 saturated carbocycles. The van der Waals surface area contributed by atoms with Crippen LogP contribution in [0, 0.1) is 11.5 Å². The van der Waals surface area contributed by atoms with E-state index >= 15 is 0 Å². The predicted molar refractivity (Wildman–Crippen MR) is 96.3 cm³/mol. The molecule has 0 saturated heterocycles. The Bertz CT molecular complexity index is 836. The third kappa shape index (κ3) is 3.01. The van der Waals surface area contributed by atoms with Gasteiger partial charge in [-0.25, -0.2) is 0 Å². The molecule has 0 unspecified atom stereocenters. The minimum absolute atomic E-state index is 0.503. The molecule has 0 aliphatic rings. The molecule has 4 heteroatoms. The summed E-state index contributed by atoms with van der Waals surface area (Å²) in [7, 11) is 1.66. The molecule has 24 heavy (non-hydrogen) atoms. The highest BCUT2D eigenvalue weighted by Crippen LogP contribution is 2.30. The number of benzene rings is 2. The molecule has 3 aromatic rings. The molecule has 1 heterocycles. The quantitative estimate of drug-likeness (QED) is 0.346. The van der Waals surface area contributed by atoms with Crippen LogP contribution in [-0.2, 0) is 0 Å². The summed E-state index contributed by atoms with van der Waals surface area (Å²) in [6.45, 7) is 0. The zero-order valence-electron chi connectivity index (χ0n) is 13.3. The van der Waals surface area contributed by atoms with Crippen molar-refractivity contribution in [2.45, 2.75) is 0 Å². The monoisotopic (exact) mass is 312 g/mol. The first-order valence-electron chi connectivity index (χ1n) is 7.57. The molecule has 0 atom stereocenters. The number of rotatable bonds is 3. The molecule has 4 nitrogen and oxygen atoms in total. The number of amidine groups is 1. The highest BCUT2D eigenvalue weighted by Gasteiger charge is 2.17. The Morgan fingerprint density at radius 3 is 2.17 bits per heavy atom. The molecule has 116 valence electrons. The lowest BCUT2D eigenvalue weighted by molar-refractivity contribution is 1.21. The van der Waals surface area contributed by atoms with Gasteiger partial charge in [0.25, 0.3) is 0 Å². The van der Waals surface area contributed by atoms with E-state index in [4.69, 9.17) is 5.26 Å². The van der Waals surface area contributed by atoms with Crippen LogP contribution in [0.25, 0.3) is 22.4 Å². The molecule has 0 fully saturated rings. The van der Waals surface area contributed by atoms with E-state index in [1.807, 2.05) is 72.9 Å². The number of pyridine rings is 1. The zero-order valence-corrected chi connectivity index (χ0v) is 13.3. The summed E-state index contributed by atoms with van der Waals surface area (Å²) in [5.74, 6) is 0.503. The Morgan fingerprint density at radius 1 is 0.958 bits per heavy atom. The first-order valence-corrected chi connectivity index (χ1v) is 7.57. The lowest BCUT2D eigenvalue weighted by Crippen LogP contribution is -2.21. The summed E-state index contributed by atoms with van der Waals surface area (Å²) in [6.07, 6.45) is 3.75. The summed E-state index contributed by atoms with van der Waals surface area (Å²) in [5, 5.41) is 11.8. The van der Waals surface area contributed by atoms with Crippen molar-refractivity contribution in [1.82, 2.24) is 10.3 Å². The Hall–Kier alpha value is -3.45. The standard InChI is InChI=1S/C20H16N4/c1-22-20(24-14-21)18-17(15-8-4-2-5-9-15)12-13-23-19(18)16-10-6-3-7-11-16/h2-13H,1H3,(H,22,24). The summed E-state index contributed by atoms with van der Waals surface area (Å²) in [5.41, 5.74) is 4.62. The van der Waals surface area contributed by atoms with Crippen LogP contribution in [0.1, 0.15) is 5.56 Å². The van der Waals surface area contributed by atoms with Crippen molar-refractivity contribution in [3.8, 4) is 28.6 Å². The predicted octanol–water partition coefficient (Wildman–Crippen LogP) is 3.86. The second-order valence-corrected chi connectivity index (χ2v) is 5.12. The van der Waals surface area contributed by atoms with Gasteiger partial charge in [0.05, 0.1) is 11.3 Å². The average Bonchev–Trinajstić information content (AvgIpc) is 2.67. The lowest BCUT2D eigenvalue weighted by atomic mass is 9.95. The van der Waals surface area contributed by atoms with Crippen LogP contribution < -0.4 is 5.32 Å². The number of hydrogen-bond donors (Lipinski definition) is 1. The van der Waals surface area contributed by atoms with Crippen molar-refractivity contribution in [3.05, 3.63) is 78.5 Å². The van der Waals surface area contributed by atoms with Crippen molar-refractivity contribution in [2.24, 2.45) is 4.99 Å². The molecule has 0 aliphatic heterocycles. The van der Waals surface area contributed by atoms with Crippen LogP contribution in [0.2, 0.25) is 0 Å². The second-order valence-electron chi connectivity index (χ2n) is 5.12.